The van der Waals surface area contributed by atoms with Gasteiger partial charge in [0, 0.05) is 6.07 Å². The number of hydrogen-bond acceptors (Lipinski definition) is 10. The number of fused-ring (bicyclic) bond motifs is 1. The molecule has 0 atom stereocenters. The van der Waals surface area contributed by atoms with Crippen molar-refractivity contribution in [3.63, 3.8) is 0 Å². The molecule has 0 saturated heterocycles. The number of anilines is 2. The van der Waals surface area contributed by atoms with Crippen LogP contribution in [0.25, 0.3) is 0 Å². The summed E-state index contributed by atoms with van der Waals surface area (Å²) in [5.41, 5.74) is 0.571. The molecule has 3 amide bonds. The quantitative estimate of drug-likeness (QED) is 0.398. The molecule has 0 saturated carbocycles. The largest absolute Gasteiger partial charge is 0.497 e. The van der Waals surface area contributed by atoms with Crippen molar-refractivity contribution in [1.82, 2.24) is 10.2 Å². The highest BCUT2D eigenvalue weighted by Gasteiger charge is 2.39. The van der Waals surface area contributed by atoms with Gasteiger partial charge in [0.25, 0.3) is 17.7 Å². The number of carbonyl (C=O) groups excluding carboxylic acids is 4. The molecule has 0 bridgehead atoms. The summed E-state index contributed by atoms with van der Waals surface area (Å²) < 4.78 is 15.4. The van der Waals surface area contributed by atoms with Crippen molar-refractivity contribution in [3.8, 4) is 11.5 Å². The number of aryl methyl sites for hydroxylation is 1. The van der Waals surface area contributed by atoms with Gasteiger partial charge in [-0.25, -0.2) is 9.69 Å². The second-order valence-corrected chi connectivity index (χ2v) is 8.16. The van der Waals surface area contributed by atoms with E-state index in [0.717, 1.165) is 16.2 Å². The third-order valence-corrected chi connectivity index (χ3v) is 5.67. The molecule has 1 aliphatic rings. The molecule has 34 heavy (non-hydrogen) atoms. The molecule has 0 aliphatic carbocycles. The number of rotatable bonds is 7. The molecule has 2 aromatic carbocycles. The molecule has 0 unspecified atom stereocenters. The Morgan fingerprint density at radius 2 is 1.76 bits per heavy atom. The zero-order valence-electron chi connectivity index (χ0n) is 18.3. The molecule has 174 valence electrons. The minimum absolute atomic E-state index is 0.0185. The van der Waals surface area contributed by atoms with Crippen LogP contribution in [0.3, 0.4) is 0 Å². The first-order chi connectivity index (χ1) is 16.3. The number of carbonyl (C=O) groups is 4. The fourth-order valence-electron chi connectivity index (χ4n) is 3.22. The fourth-order valence-corrected chi connectivity index (χ4v) is 3.91. The molecular formula is C22H18N4O7S. The number of benzene rings is 2. The molecular weight excluding hydrogens is 464 g/mol. The third kappa shape index (κ3) is 4.30. The van der Waals surface area contributed by atoms with Crippen molar-refractivity contribution in [3.05, 3.63) is 58.1 Å². The van der Waals surface area contributed by atoms with Gasteiger partial charge in [-0.2, -0.15) is 0 Å². The van der Waals surface area contributed by atoms with Crippen LogP contribution in [0, 0.1) is 6.92 Å². The first-order valence-corrected chi connectivity index (χ1v) is 10.7. The van der Waals surface area contributed by atoms with E-state index in [1.54, 1.807) is 25.1 Å². The van der Waals surface area contributed by atoms with Gasteiger partial charge in [-0.3, -0.25) is 14.4 Å². The lowest BCUT2D eigenvalue weighted by molar-refractivity contribution is -0.119. The standard InChI is InChI=1S/C22H18N4O7S/c1-11-24-25-22(34-11)26-19(28)14-6-4-12(8-15(14)20(26)29)21(30)33-10-18(27)23-16-7-5-13(31-2)9-17(16)32-3/h4-9H,10H2,1-3H3,(H,23,27). The molecule has 0 radical (unpaired) electrons. The summed E-state index contributed by atoms with van der Waals surface area (Å²) in [5, 5.41) is 11.0. The maximum Gasteiger partial charge on any atom is 0.338 e. The van der Waals surface area contributed by atoms with Gasteiger partial charge < -0.3 is 19.5 Å². The highest BCUT2D eigenvalue weighted by molar-refractivity contribution is 7.15. The lowest BCUT2D eigenvalue weighted by Gasteiger charge is -2.12. The van der Waals surface area contributed by atoms with Gasteiger partial charge in [0.1, 0.15) is 16.5 Å². The van der Waals surface area contributed by atoms with Gasteiger partial charge in [0.15, 0.2) is 6.61 Å². The SMILES string of the molecule is COc1ccc(NC(=O)COC(=O)c2ccc3c(c2)C(=O)N(c2nnc(C)s2)C3=O)c(OC)c1. The Bertz CT molecular complexity index is 1320. The van der Waals surface area contributed by atoms with Crippen LogP contribution in [0.2, 0.25) is 0 Å². The summed E-state index contributed by atoms with van der Waals surface area (Å²) in [6.07, 6.45) is 0. The first-order valence-electron chi connectivity index (χ1n) is 9.84. The van der Waals surface area contributed by atoms with Crippen LogP contribution in [-0.2, 0) is 9.53 Å². The minimum Gasteiger partial charge on any atom is -0.497 e. The van der Waals surface area contributed by atoms with Crippen LogP contribution in [0.4, 0.5) is 10.8 Å². The minimum atomic E-state index is -0.829. The average Bonchev–Trinajstić information content (AvgIpc) is 3.37. The van der Waals surface area contributed by atoms with Crippen LogP contribution in [0.15, 0.2) is 36.4 Å². The van der Waals surface area contributed by atoms with Crippen LogP contribution < -0.4 is 19.7 Å². The molecule has 1 N–H and O–H groups in total. The van der Waals surface area contributed by atoms with Crippen LogP contribution in [0.1, 0.15) is 36.1 Å². The van der Waals surface area contributed by atoms with Crippen LogP contribution >= 0.6 is 11.3 Å². The van der Waals surface area contributed by atoms with Gasteiger partial charge >= 0.3 is 5.97 Å². The van der Waals surface area contributed by atoms with Crippen molar-refractivity contribution in [1.29, 1.82) is 0 Å². The van der Waals surface area contributed by atoms with Gasteiger partial charge in [0.05, 0.1) is 36.6 Å². The van der Waals surface area contributed by atoms with Crippen LogP contribution in [0.5, 0.6) is 11.5 Å². The Balaban J connectivity index is 1.42. The lowest BCUT2D eigenvalue weighted by atomic mass is 10.1. The monoisotopic (exact) mass is 482 g/mol. The van der Waals surface area contributed by atoms with Gasteiger partial charge in [0.2, 0.25) is 5.13 Å². The molecule has 1 aromatic heterocycles. The van der Waals surface area contributed by atoms with E-state index in [4.69, 9.17) is 14.2 Å². The van der Waals surface area contributed by atoms with Gasteiger partial charge in [-0.15, -0.1) is 10.2 Å². The number of nitrogens with zero attached hydrogens (tertiary/aromatic N) is 3. The number of amides is 3. The normalized spacial score (nSPS) is 12.4. The number of hydrogen-bond donors (Lipinski definition) is 1. The Morgan fingerprint density at radius 1 is 1.00 bits per heavy atom. The highest BCUT2D eigenvalue weighted by Crippen LogP contribution is 2.31. The number of esters is 1. The van der Waals surface area contributed by atoms with Crippen LogP contribution in [-0.4, -0.2) is 54.7 Å². The molecule has 0 spiro atoms. The maximum atomic E-state index is 12.8. The lowest BCUT2D eigenvalue weighted by Crippen LogP contribution is -2.29. The number of methoxy groups -OCH3 is 2. The molecule has 1 aliphatic heterocycles. The maximum absolute atomic E-state index is 12.8. The number of ether oxygens (including phenoxy) is 3. The van der Waals surface area contributed by atoms with E-state index in [-0.39, 0.29) is 21.8 Å². The summed E-state index contributed by atoms with van der Waals surface area (Å²) in [6, 6.07) is 8.80. The summed E-state index contributed by atoms with van der Waals surface area (Å²) in [6.45, 7) is 1.13. The zero-order chi connectivity index (χ0) is 24.4. The number of aromatic nitrogens is 2. The molecule has 12 heteroatoms. The Kier molecular flexibility index (Phi) is 6.23. The first kappa shape index (κ1) is 22.9. The van der Waals surface area contributed by atoms with E-state index in [2.05, 4.69) is 15.5 Å². The Hall–Kier alpha value is -4.32. The van der Waals surface area contributed by atoms with Crippen molar-refractivity contribution in [2.24, 2.45) is 0 Å². The summed E-state index contributed by atoms with van der Waals surface area (Å²) in [5.74, 6) is -1.67. The van der Waals surface area contributed by atoms with E-state index < -0.39 is 30.3 Å². The third-order valence-electron chi connectivity index (χ3n) is 4.85. The average molecular weight is 482 g/mol. The summed E-state index contributed by atoms with van der Waals surface area (Å²) in [7, 11) is 2.95. The molecule has 3 aromatic rings. The topological polar surface area (TPSA) is 137 Å². The van der Waals surface area contributed by atoms with Gasteiger partial charge in [-0.05, 0) is 37.3 Å². The predicted octanol–water partition coefficient (Wildman–Crippen LogP) is 2.46. The summed E-state index contributed by atoms with van der Waals surface area (Å²) >= 11 is 1.10. The zero-order valence-corrected chi connectivity index (χ0v) is 19.1. The second-order valence-electron chi connectivity index (χ2n) is 7.00. The Morgan fingerprint density at radius 3 is 2.44 bits per heavy atom. The second kappa shape index (κ2) is 9.27. The highest BCUT2D eigenvalue weighted by atomic mass is 32.1. The van der Waals surface area contributed by atoms with E-state index in [1.165, 1.54) is 32.4 Å². The number of imide groups is 1. The fraction of sp³-hybridized carbons (Fsp3) is 0.182. The number of nitrogens with one attached hydrogen (secondary N) is 1. The molecule has 4 rings (SSSR count). The molecule has 0 fully saturated rings. The predicted molar refractivity (Wildman–Crippen MR) is 121 cm³/mol. The van der Waals surface area contributed by atoms with Crippen molar-refractivity contribution < 1.29 is 33.4 Å². The smallest absolute Gasteiger partial charge is 0.338 e. The van der Waals surface area contributed by atoms with Crippen molar-refractivity contribution >= 4 is 45.8 Å². The van der Waals surface area contributed by atoms with Gasteiger partial charge in [-0.1, -0.05) is 11.3 Å². The van der Waals surface area contributed by atoms with Crippen molar-refractivity contribution in [2.45, 2.75) is 6.92 Å². The Labute approximate surface area is 197 Å². The van der Waals surface area contributed by atoms with Crippen molar-refractivity contribution in [2.75, 3.05) is 31.0 Å². The van der Waals surface area contributed by atoms with E-state index >= 15 is 0 Å². The van der Waals surface area contributed by atoms with E-state index in [1.807, 2.05) is 0 Å². The van der Waals surface area contributed by atoms with E-state index in [0.29, 0.717) is 22.2 Å². The van der Waals surface area contributed by atoms with E-state index in [9.17, 15) is 19.2 Å². The summed E-state index contributed by atoms with van der Waals surface area (Å²) in [4.78, 5) is 51.1. The molecule has 11 nitrogen and oxygen atoms in total. The molecule has 2 heterocycles.